The van der Waals surface area contributed by atoms with E-state index in [1.54, 1.807) is 42.6 Å². The summed E-state index contributed by atoms with van der Waals surface area (Å²) in [6, 6.07) is 10.2. The predicted octanol–water partition coefficient (Wildman–Crippen LogP) is 1.29. The lowest BCUT2D eigenvalue weighted by Gasteiger charge is -2.12. The highest BCUT2D eigenvalue weighted by molar-refractivity contribution is 5.69. The minimum Gasteiger partial charge on any atom is -0.492 e. The average Bonchev–Trinajstić information content (AvgIpc) is 2.56. The number of hydrogen-bond donors (Lipinski definition) is 3. The number of esters is 1. The van der Waals surface area contributed by atoms with Gasteiger partial charge in [0.25, 0.3) is 0 Å². The van der Waals surface area contributed by atoms with Crippen molar-refractivity contribution >= 4 is 11.8 Å². The van der Waals surface area contributed by atoms with Crippen LogP contribution in [0.5, 0.6) is 11.5 Å². The van der Waals surface area contributed by atoms with E-state index in [-0.39, 0.29) is 5.97 Å². The van der Waals surface area contributed by atoms with Crippen LogP contribution in [0.1, 0.15) is 18.6 Å². The van der Waals surface area contributed by atoms with E-state index >= 15 is 0 Å². The molecule has 128 valence electrons. The fraction of sp³-hybridized carbons (Fsp3) is 0.294. The Bertz CT molecular complexity index is 644. The van der Waals surface area contributed by atoms with Gasteiger partial charge in [-0.25, -0.2) is 4.98 Å². The Morgan fingerprint density at radius 3 is 2.58 bits per heavy atom. The molecule has 0 aliphatic carbocycles. The molecule has 0 radical (unpaired) electrons. The van der Waals surface area contributed by atoms with Crippen molar-refractivity contribution in [3.05, 3.63) is 48.2 Å². The molecule has 0 bridgehead atoms. The number of nitrogen functional groups attached to an aromatic ring is 1. The first-order valence-electron chi connectivity index (χ1n) is 7.56. The van der Waals surface area contributed by atoms with E-state index < -0.39 is 6.10 Å². The summed E-state index contributed by atoms with van der Waals surface area (Å²) in [6.07, 6.45) is 0.907. The summed E-state index contributed by atoms with van der Waals surface area (Å²) in [6.45, 7) is 2.76. The lowest BCUT2D eigenvalue weighted by Crippen LogP contribution is -2.26. The molecular formula is C17H21N3O4. The number of rotatable bonds is 8. The van der Waals surface area contributed by atoms with Gasteiger partial charge in [-0.05, 0) is 30.3 Å². The van der Waals surface area contributed by atoms with E-state index in [9.17, 15) is 9.90 Å². The van der Waals surface area contributed by atoms with Crippen molar-refractivity contribution < 1.29 is 19.4 Å². The van der Waals surface area contributed by atoms with Crippen LogP contribution in [-0.4, -0.2) is 35.8 Å². The maximum atomic E-state index is 10.8. The van der Waals surface area contributed by atoms with Crippen molar-refractivity contribution in [3.8, 4) is 11.5 Å². The monoisotopic (exact) mass is 331 g/mol. The number of aliphatic hydroxyl groups excluding tert-OH is 1. The second kappa shape index (κ2) is 8.85. The quantitative estimate of drug-likeness (QED) is 0.380. The standard InChI is InChI=1S/C17H21N3O4/c1-12(21)24-15-5-3-14(4-6-15)23-9-8-19-11-16(22)13-2-7-17(18)20-10-13/h2-7,10,16,19,22H,8-9,11H2,1H3,(H2,18,20)/t16-/m0/s1. The van der Waals surface area contributed by atoms with Crippen LogP contribution in [0.2, 0.25) is 0 Å². The summed E-state index contributed by atoms with van der Waals surface area (Å²) >= 11 is 0. The van der Waals surface area contributed by atoms with Crippen LogP contribution >= 0.6 is 0 Å². The molecule has 4 N–H and O–H groups in total. The smallest absolute Gasteiger partial charge is 0.308 e. The summed E-state index contributed by atoms with van der Waals surface area (Å²) < 4.78 is 10.5. The van der Waals surface area contributed by atoms with E-state index in [2.05, 4.69) is 10.3 Å². The molecule has 0 saturated carbocycles. The SMILES string of the molecule is CC(=O)Oc1ccc(OCCNC[C@H](O)c2ccc(N)nc2)cc1. The lowest BCUT2D eigenvalue weighted by molar-refractivity contribution is -0.131. The Balaban J connectivity index is 1.65. The van der Waals surface area contributed by atoms with Crippen LogP contribution in [0, 0.1) is 0 Å². The summed E-state index contributed by atoms with van der Waals surface area (Å²) in [5, 5.41) is 13.1. The Kier molecular flexibility index (Phi) is 6.53. The summed E-state index contributed by atoms with van der Waals surface area (Å²) in [7, 11) is 0. The summed E-state index contributed by atoms with van der Waals surface area (Å²) in [5.41, 5.74) is 6.21. The third-order valence-electron chi connectivity index (χ3n) is 3.16. The molecule has 1 aromatic carbocycles. The van der Waals surface area contributed by atoms with Crippen LogP contribution < -0.4 is 20.5 Å². The van der Waals surface area contributed by atoms with Gasteiger partial charge < -0.3 is 25.6 Å². The Morgan fingerprint density at radius 1 is 1.25 bits per heavy atom. The first-order chi connectivity index (χ1) is 11.5. The van der Waals surface area contributed by atoms with E-state index in [1.807, 2.05) is 0 Å². The maximum absolute atomic E-state index is 10.8. The maximum Gasteiger partial charge on any atom is 0.308 e. The van der Waals surface area contributed by atoms with Gasteiger partial charge in [-0.3, -0.25) is 4.79 Å². The molecule has 0 spiro atoms. The topological polar surface area (TPSA) is 107 Å². The Morgan fingerprint density at radius 2 is 1.96 bits per heavy atom. The number of aromatic nitrogens is 1. The van der Waals surface area contributed by atoms with Gasteiger partial charge in [0.2, 0.25) is 0 Å². The lowest BCUT2D eigenvalue weighted by atomic mass is 10.1. The molecule has 0 saturated heterocycles. The van der Waals surface area contributed by atoms with Crippen LogP contribution in [0.4, 0.5) is 5.82 Å². The third kappa shape index (κ3) is 5.86. The van der Waals surface area contributed by atoms with Crippen molar-refractivity contribution in [2.24, 2.45) is 0 Å². The number of ether oxygens (including phenoxy) is 2. The van der Waals surface area contributed by atoms with Crippen LogP contribution in [0.3, 0.4) is 0 Å². The molecule has 7 nitrogen and oxygen atoms in total. The van der Waals surface area contributed by atoms with Crippen molar-refractivity contribution in [1.82, 2.24) is 10.3 Å². The number of nitrogens with one attached hydrogen (secondary N) is 1. The normalized spacial score (nSPS) is 11.8. The number of hydrogen-bond acceptors (Lipinski definition) is 7. The van der Waals surface area contributed by atoms with Crippen molar-refractivity contribution in [2.45, 2.75) is 13.0 Å². The molecule has 0 fully saturated rings. The van der Waals surface area contributed by atoms with Gasteiger partial charge in [-0.15, -0.1) is 0 Å². The van der Waals surface area contributed by atoms with E-state index in [0.717, 1.165) is 0 Å². The highest BCUT2D eigenvalue weighted by Gasteiger charge is 2.07. The largest absolute Gasteiger partial charge is 0.492 e. The molecule has 0 unspecified atom stereocenters. The average molecular weight is 331 g/mol. The minimum atomic E-state index is -0.652. The molecule has 0 aliphatic rings. The summed E-state index contributed by atoms with van der Waals surface area (Å²) in [4.78, 5) is 14.8. The second-order valence-electron chi connectivity index (χ2n) is 5.15. The molecule has 1 aromatic heterocycles. The van der Waals surface area contributed by atoms with Gasteiger partial charge in [0.05, 0.1) is 6.10 Å². The van der Waals surface area contributed by atoms with E-state index in [4.69, 9.17) is 15.2 Å². The number of pyridine rings is 1. The Labute approximate surface area is 140 Å². The first kappa shape index (κ1) is 17.7. The van der Waals surface area contributed by atoms with E-state index in [0.29, 0.717) is 42.6 Å². The Hall–Kier alpha value is -2.64. The molecule has 24 heavy (non-hydrogen) atoms. The van der Waals surface area contributed by atoms with Gasteiger partial charge in [0, 0.05) is 31.8 Å². The molecule has 2 aromatic rings. The minimum absolute atomic E-state index is 0.359. The number of aliphatic hydroxyl groups is 1. The number of carbonyl (C=O) groups excluding carboxylic acids is 1. The highest BCUT2D eigenvalue weighted by atomic mass is 16.5. The second-order valence-corrected chi connectivity index (χ2v) is 5.15. The zero-order valence-electron chi connectivity index (χ0n) is 13.4. The van der Waals surface area contributed by atoms with Crippen LogP contribution in [0.25, 0.3) is 0 Å². The highest BCUT2D eigenvalue weighted by Crippen LogP contribution is 2.17. The van der Waals surface area contributed by atoms with Gasteiger partial charge >= 0.3 is 5.97 Å². The number of carbonyl (C=O) groups is 1. The number of anilines is 1. The molecule has 0 amide bonds. The van der Waals surface area contributed by atoms with Crippen molar-refractivity contribution in [2.75, 3.05) is 25.4 Å². The van der Waals surface area contributed by atoms with Gasteiger partial charge in [-0.2, -0.15) is 0 Å². The third-order valence-corrected chi connectivity index (χ3v) is 3.16. The van der Waals surface area contributed by atoms with Gasteiger partial charge in [-0.1, -0.05) is 6.07 Å². The fourth-order valence-corrected chi connectivity index (χ4v) is 1.98. The van der Waals surface area contributed by atoms with Gasteiger partial charge in [0.1, 0.15) is 23.9 Å². The molecule has 0 aliphatic heterocycles. The zero-order valence-corrected chi connectivity index (χ0v) is 13.4. The van der Waals surface area contributed by atoms with Crippen LogP contribution in [-0.2, 0) is 4.79 Å². The number of benzene rings is 1. The molecule has 7 heteroatoms. The predicted molar refractivity (Wildman–Crippen MR) is 89.7 cm³/mol. The molecule has 1 atom stereocenters. The molecule has 2 rings (SSSR count). The molecular weight excluding hydrogens is 310 g/mol. The summed E-state index contributed by atoms with van der Waals surface area (Å²) in [5.74, 6) is 1.22. The zero-order chi connectivity index (χ0) is 17.4. The fourth-order valence-electron chi connectivity index (χ4n) is 1.98. The van der Waals surface area contributed by atoms with Crippen molar-refractivity contribution in [3.63, 3.8) is 0 Å². The number of nitrogens with two attached hydrogens (primary N) is 1. The van der Waals surface area contributed by atoms with Crippen LogP contribution in [0.15, 0.2) is 42.6 Å². The number of nitrogens with zero attached hydrogens (tertiary/aromatic N) is 1. The van der Waals surface area contributed by atoms with Crippen molar-refractivity contribution in [1.29, 1.82) is 0 Å². The van der Waals surface area contributed by atoms with E-state index in [1.165, 1.54) is 6.92 Å². The first-order valence-corrected chi connectivity index (χ1v) is 7.56. The van der Waals surface area contributed by atoms with Gasteiger partial charge in [0.15, 0.2) is 0 Å². The molecule has 1 heterocycles.